The Bertz CT molecular complexity index is 884. The van der Waals surface area contributed by atoms with E-state index in [1.807, 2.05) is 0 Å². The number of halogens is 2. The number of ether oxygens (including phenoxy) is 1. The Morgan fingerprint density at radius 1 is 1.22 bits per heavy atom. The smallest absolute Gasteiger partial charge is 0.335 e. The van der Waals surface area contributed by atoms with E-state index < -0.39 is 17.6 Å². The lowest BCUT2D eigenvalue weighted by atomic mass is 10.1. The third-order valence-corrected chi connectivity index (χ3v) is 4.71. The van der Waals surface area contributed by atoms with Crippen LogP contribution in [0.1, 0.15) is 33.8 Å². The number of hydrogen-bond donors (Lipinski definition) is 2. The molecule has 5 nitrogen and oxygen atoms in total. The van der Waals surface area contributed by atoms with Gasteiger partial charge >= 0.3 is 5.97 Å². The van der Waals surface area contributed by atoms with Gasteiger partial charge in [0.15, 0.2) is 0 Å². The van der Waals surface area contributed by atoms with Crippen molar-refractivity contribution in [3.63, 3.8) is 0 Å². The van der Waals surface area contributed by atoms with Crippen LogP contribution in [0.2, 0.25) is 0 Å². The molecule has 2 unspecified atom stereocenters. The summed E-state index contributed by atoms with van der Waals surface area (Å²) in [5, 5.41) is 11.8. The van der Waals surface area contributed by atoms with Gasteiger partial charge in [-0.1, -0.05) is 6.07 Å². The van der Waals surface area contributed by atoms with Crippen molar-refractivity contribution in [2.24, 2.45) is 5.92 Å². The van der Waals surface area contributed by atoms with Gasteiger partial charge in [0, 0.05) is 12.5 Å². The summed E-state index contributed by atoms with van der Waals surface area (Å²) < 4.78 is 32.3. The highest BCUT2D eigenvalue weighted by Gasteiger charge is 2.45. The van der Waals surface area contributed by atoms with Crippen LogP contribution in [-0.4, -0.2) is 30.6 Å². The summed E-state index contributed by atoms with van der Waals surface area (Å²) in [4.78, 5) is 23.2. The average Bonchev–Trinajstić information content (AvgIpc) is 3.44. The number of aromatic carboxylic acids is 1. The lowest BCUT2D eigenvalue weighted by Crippen LogP contribution is -2.27. The Morgan fingerprint density at radius 2 is 2.00 bits per heavy atom. The summed E-state index contributed by atoms with van der Waals surface area (Å²) in [6.45, 7) is 0.330. The number of hydrogen-bond acceptors (Lipinski definition) is 3. The number of carboxylic acids is 1. The van der Waals surface area contributed by atoms with Gasteiger partial charge in [-0.2, -0.15) is 0 Å². The van der Waals surface area contributed by atoms with E-state index in [0.29, 0.717) is 25.1 Å². The molecule has 7 heteroatoms. The number of carbonyl (C=O) groups excluding carboxylic acids is 1. The van der Waals surface area contributed by atoms with E-state index in [-0.39, 0.29) is 28.9 Å². The monoisotopic (exact) mass is 375 g/mol. The van der Waals surface area contributed by atoms with Crippen molar-refractivity contribution in [3.8, 4) is 5.75 Å². The molecule has 1 amide bonds. The second-order valence-electron chi connectivity index (χ2n) is 6.49. The normalized spacial score (nSPS) is 18.0. The molecular weight excluding hydrogens is 356 g/mol. The highest BCUT2D eigenvalue weighted by molar-refractivity contribution is 5.88. The SMILES string of the molecule is COc1cc(C(=O)O)ccc1CCNC(=O)C1CC1c1cc(F)ccc1F. The maximum atomic E-state index is 13.8. The highest BCUT2D eigenvalue weighted by Crippen LogP contribution is 2.48. The number of nitrogens with one attached hydrogen (secondary N) is 1. The first-order valence-corrected chi connectivity index (χ1v) is 8.53. The standard InChI is InChI=1S/C20H19F2NO4/c1-27-18-8-12(20(25)26)3-2-11(18)6-7-23-19(24)16-10-14(16)15-9-13(21)4-5-17(15)22/h2-5,8-9,14,16H,6-7,10H2,1H3,(H,23,24)(H,25,26). The molecule has 0 aromatic heterocycles. The number of benzene rings is 2. The molecule has 2 aromatic rings. The minimum Gasteiger partial charge on any atom is -0.496 e. The maximum Gasteiger partial charge on any atom is 0.335 e. The fraction of sp³-hybridized carbons (Fsp3) is 0.300. The van der Waals surface area contributed by atoms with E-state index in [9.17, 15) is 18.4 Å². The summed E-state index contributed by atoms with van der Waals surface area (Å²) in [5.41, 5.74) is 1.13. The first-order chi connectivity index (χ1) is 12.9. The van der Waals surface area contributed by atoms with E-state index in [4.69, 9.17) is 9.84 Å². The van der Waals surface area contributed by atoms with Crippen LogP contribution in [0.4, 0.5) is 8.78 Å². The molecule has 1 aliphatic carbocycles. The van der Waals surface area contributed by atoms with Crippen molar-refractivity contribution < 1.29 is 28.2 Å². The third-order valence-electron chi connectivity index (χ3n) is 4.71. The number of amides is 1. The average molecular weight is 375 g/mol. The second-order valence-corrected chi connectivity index (χ2v) is 6.49. The first-order valence-electron chi connectivity index (χ1n) is 8.53. The molecule has 0 bridgehead atoms. The van der Waals surface area contributed by atoms with E-state index in [1.54, 1.807) is 6.07 Å². The predicted octanol–water partition coefficient (Wildman–Crippen LogP) is 3.13. The van der Waals surface area contributed by atoms with Crippen LogP contribution in [0.25, 0.3) is 0 Å². The fourth-order valence-electron chi connectivity index (χ4n) is 3.16. The van der Waals surface area contributed by atoms with Gasteiger partial charge in [0.1, 0.15) is 17.4 Å². The molecule has 0 saturated heterocycles. The lowest BCUT2D eigenvalue weighted by molar-refractivity contribution is -0.122. The minimum absolute atomic E-state index is 0.123. The van der Waals surface area contributed by atoms with Crippen LogP contribution in [-0.2, 0) is 11.2 Å². The van der Waals surface area contributed by atoms with Gasteiger partial charge in [0.2, 0.25) is 5.91 Å². The molecule has 3 rings (SSSR count). The zero-order valence-corrected chi connectivity index (χ0v) is 14.7. The summed E-state index contributed by atoms with van der Waals surface area (Å²) in [6, 6.07) is 7.83. The van der Waals surface area contributed by atoms with Crippen LogP contribution in [0.5, 0.6) is 5.75 Å². The molecule has 1 aliphatic rings. The number of carboxylic acid groups (broad SMARTS) is 1. The molecule has 0 spiro atoms. The lowest BCUT2D eigenvalue weighted by Gasteiger charge is -2.10. The number of methoxy groups -OCH3 is 1. The highest BCUT2D eigenvalue weighted by atomic mass is 19.1. The van der Waals surface area contributed by atoms with Crippen molar-refractivity contribution in [2.45, 2.75) is 18.8 Å². The van der Waals surface area contributed by atoms with Crippen LogP contribution < -0.4 is 10.1 Å². The van der Waals surface area contributed by atoms with Crippen LogP contribution in [0.15, 0.2) is 36.4 Å². The fourth-order valence-corrected chi connectivity index (χ4v) is 3.16. The van der Waals surface area contributed by atoms with Gasteiger partial charge in [0.25, 0.3) is 0 Å². The molecule has 0 aliphatic heterocycles. The third kappa shape index (κ3) is 4.24. The van der Waals surface area contributed by atoms with E-state index in [0.717, 1.165) is 23.8 Å². The number of rotatable bonds is 7. The van der Waals surface area contributed by atoms with Gasteiger partial charge in [0.05, 0.1) is 12.7 Å². The van der Waals surface area contributed by atoms with Gasteiger partial charge in [-0.3, -0.25) is 4.79 Å². The van der Waals surface area contributed by atoms with Crippen LogP contribution in [0.3, 0.4) is 0 Å². The maximum absolute atomic E-state index is 13.8. The zero-order valence-electron chi connectivity index (χ0n) is 14.7. The summed E-state index contributed by atoms with van der Waals surface area (Å²) in [6.07, 6.45) is 0.948. The Labute approximate surface area is 155 Å². The van der Waals surface area contributed by atoms with E-state index in [1.165, 1.54) is 19.2 Å². The molecule has 0 radical (unpaired) electrons. The molecule has 142 valence electrons. The Hall–Kier alpha value is -2.96. The summed E-state index contributed by atoms with van der Waals surface area (Å²) >= 11 is 0. The molecule has 27 heavy (non-hydrogen) atoms. The van der Waals surface area contributed by atoms with E-state index in [2.05, 4.69) is 5.32 Å². The van der Waals surface area contributed by atoms with Crippen LogP contribution in [0, 0.1) is 17.6 Å². The summed E-state index contributed by atoms with van der Waals surface area (Å²) in [5.74, 6) is -2.49. The first kappa shape index (κ1) is 18.8. The molecule has 2 aromatic carbocycles. The van der Waals surface area contributed by atoms with Gasteiger partial charge in [-0.15, -0.1) is 0 Å². The van der Waals surface area contributed by atoms with Crippen molar-refractivity contribution in [3.05, 3.63) is 64.7 Å². The Morgan fingerprint density at radius 3 is 2.70 bits per heavy atom. The molecular formula is C20H19F2NO4. The molecule has 2 atom stereocenters. The quantitative estimate of drug-likeness (QED) is 0.780. The van der Waals surface area contributed by atoms with Crippen molar-refractivity contribution in [1.82, 2.24) is 5.32 Å². The van der Waals surface area contributed by atoms with Gasteiger partial charge in [-0.05, 0) is 60.2 Å². The largest absolute Gasteiger partial charge is 0.496 e. The number of carbonyl (C=O) groups is 2. The van der Waals surface area contributed by atoms with Gasteiger partial charge < -0.3 is 15.2 Å². The zero-order chi connectivity index (χ0) is 19.6. The molecule has 1 fully saturated rings. The second kappa shape index (κ2) is 7.73. The van der Waals surface area contributed by atoms with Crippen LogP contribution >= 0.6 is 0 Å². The molecule has 2 N–H and O–H groups in total. The van der Waals surface area contributed by atoms with Crippen molar-refractivity contribution in [1.29, 1.82) is 0 Å². The Balaban J connectivity index is 1.55. The van der Waals surface area contributed by atoms with Crippen molar-refractivity contribution in [2.75, 3.05) is 13.7 Å². The van der Waals surface area contributed by atoms with Crippen molar-refractivity contribution >= 4 is 11.9 Å². The minimum atomic E-state index is -1.04. The van der Waals surface area contributed by atoms with E-state index >= 15 is 0 Å². The predicted molar refractivity (Wildman–Crippen MR) is 93.9 cm³/mol. The summed E-state index contributed by atoms with van der Waals surface area (Å²) in [7, 11) is 1.45. The topological polar surface area (TPSA) is 75.6 Å². The molecule has 0 heterocycles. The Kier molecular flexibility index (Phi) is 5.39. The van der Waals surface area contributed by atoms with Gasteiger partial charge in [-0.25, -0.2) is 13.6 Å². The molecule has 1 saturated carbocycles.